The monoisotopic (exact) mass is 313 g/mol. The summed E-state index contributed by atoms with van der Waals surface area (Å²) >= 11 is 0. The molecule has 2 rings (SSSR count). The number of amides is 1. The van der Waals surface area contributed by atoms with E-state index in [0.29, 0.717) is 30.9 Å². The van der Waals surface area contributed by atoms with E-state index in [-0.39, 0.29) is 12.0 Å². The summed E-state index contributed by atoms with van der Waals surface area (Å²) in [5.41, 5.74) is 1.81. The van der Waals surface area contributed by atoms with E-state index in [1.165, 1.54) is 0 Å². The first-order chi connectivity index (χ1) is 11.1. The maximum atomic E-state index is 12.0. The molecular weight excluding hydrogens is 290 g/mol. The molecule has 2 aromatic rings. The third kappa shape index (κ3) is 6.08. The van der Waals surface area contributed by atoms with Crippen LogP contribution in [0.3, 0.4) is 0 Å². The first kappa shape index (κ1) is 17.0. The average Bonchev–Trinajstić information content (AvgIpc) is 2.54. The van der Waals surface area contributed by atoms with E-state index in [1.54, 1.807) is 6.20 Å². The molecule has 0 unspecified atom stereocenters. The Labute approximate surface area is 137 Å². The number of rotatable bonds is 8. The lowest BCUT2D eigenvalue weighted by Gasteiger charge is -2.14. The van der Waals surface area contributed by atoms with Crippen LogP contribution in [0.2, 0.25) is 0 Å². The molecule has 0 aliphatic rings. The highest BCUT2D eigenvalue weighted by atomic mass is 16.5. The van der Waals surface area contributed by atoms with Crippen LogP contribution in [-0.4, -0.2) is 23.5 Å². The van der Waals surface area contributed by atoms with Crippen LogP contribution in [0.1, 0.15) is 25.8 Å². The van der Waals surface area contributed by atoms with Crippen LogP contribution in [0.5, 0.6) is 5.75 Å². The lowest BCUT2D eigenvalue weighted by Crippen LogP contribution is -2.22. The smallest absolute Gasteiger partial charge is 0.225 e. The zero-order chi connectivity index (χ0) is 16.5. The van der Waals surface area contributed by atoms with E-state index >= 15 is 0 Å². The number of nitrogens with zero attached hydrogens (tertiary/aromatic N) is 1. The highest BCUT2D eigenvalue weighted by Gasteiger charge is 2.08. The van der Waals surface area contributed by atoms with Crippen molar-refractivity contribution in [2.75, 3.05) is 11.9 Å². The first-order valence-electron chi connectivity index (χ1n) is 7.80. The van der Waals surface area contributed by atoms with Crippen LogP contribution in [0, 0.1) is 0 Å². The average molecular weight is 313 g/mol. The molecule has 2 N–H and O–H groups in total. The number of para-hydroxylation sites is 2. The molecule has 0 radical (unpaired) electrons. The Kier molecular flexibility index (Phi) is 6.56. The minimum absolute atomic E-state index is 0.0384. The summed E-state index contributed by atoms with van der Waals surface area (Å²) in [6.07, 6.45) is 4.02. The fourth-order valence-corrected chi connectivity index (χ4v) is 2.08. The minimum atomic E-state index is -0.0384. The summed E-state index contributed by atoms with van der Waals surface area (Å²) in [6, 6.07) is 11.4. The van der Waals surface area contributed by atoms with Gasteiger partial charge in [0.05, 0.1) is 11.8 Å². The predicted octanol–water partition coefficient (Wildman–Crippen LogP) is 2.99. The van der Waals surface area contributed by atoms with E-state index in [2.05, 4.69) is 15.6 Å². The molecule has 0 bridgehead atoms. The van der Waals surface area contributed by atoms with Gasteiger partial charge in [-0.25, -0.2) is 0 Å². The molecule has 0 saturated heterocycles. The van der Waals surface area contributed by atoms with Crippen LogP contribution in [0.25, 0.3) is 0 Å². The van der Waals surface area contributed by atoms with E-state index < -0.39 is 0 Å². The van der Waals surface area contributed by atoms with Crippen LogP contribution >= 0.6 is 0 Å². The second kappa shape index (κ2) is 8.90. The largest absolute Gasteiger partial charge is 0.489 e. The number of aromatic nitrogens is 1. The first-order valence-corrected chi connectivity index (χ1v) is 7.80. The van der Waals surface area contributed by atoms with Gasteiger partial charge >= 0.3 is 0 Å². The number of carbonyl (C=O) groups is 1. The van der Waals surface area contributed by atoms with Crippen molar-refractivity contribution >= 4 is 11.6 Å². The zero-order valence-corrected chi connectivity index (χ0v) is 13.6. The second-order valence-corrected chi connectivity index (χ2v) is 5.50. The van der Waals surface area contributed by atoms with Crippen molar-refractivity contribution in [1.82, 2.24) is 10.3 Å². The fourth-order valence-electron chi connectivity index (χ4n) is 2.08. The van der Waals surface area contributed by atoms with Gasteiger partial charge in [-0.15, -0.1) is 0 Å². The Balaban J connectivity index is 1.76. The topological polar surface area (TPSA) is 63.2 Å². The number of carbonyl (C=O) groups excluding carboxylic acids is 1. The Morgan fingerprint density at radius 1 is 1.22 bits per heavy atom. The van der Waals surface area contributed by atoms with Gasteiger partial charge in [0.25, 0.3) is 0 Å². The van der Waals surface area contributed by atoms with Gasteiger partial charge in [0.2, 0.25) is 5.91 Å². The van der Waals surface area contributed by atoms with Gasteiger partial charge in [0.15, 0.2) is 0 Å². The van der Waals surface area contributed by atoms with Crippen LogP contribution < -0.4 is 15.4 Å². The molecule has 0 aliphatic carbocycles. The summed E-state index contributed by atoms with van der Waals surface area (Å²) < 4.78 is 5.69. The molecule has 5 nitrogen and oxygen atoms in total. The molecule has 1 aromatic heterocycles. The number of nitrogens with one attached hydrogen (secondary N) is 2. The van der Waals surface area contributed by atoms with Crippen molar-refractivity contribution in [2.24, 2.45) is 0 Å². The molecule has 1 aromatic carbocycles. The van der Waals surface area contributed by atoms with Gasteiger partial charge in [0, 0.05) is 31.9 Å². The van der Waals surface area contributed by atoms with Crippen molar-refractivity contribution in [3.8, 4) is 5.75 Å². The highest BCUT2D eigenvalue weighted by molar-refractivity contribution is 5.92. The maximum absolute atomic E-state index is 12.0. The van der Waals surface area contributed by atoms with Gasteiger partial charge in [-0.05, 0) is 37.6 Å². The summed E-state index contributed by atoms with van der Waals surface area (Å²) in [6.45, 7) is 5.23. The number of benzene rings is 1. The third-order valence-corrected chi connectivity index (χ3v) is 3.10. The van der Waals surface area contributed by atoms with Gasteiger partial charge in [0.1, 0.15) is 5.75 Å². The Bertz CT molecular complexity index is 615. The number of hydrogen-bond acceptors (Lipinski definition) is 4. The van der Waals surface area contributed by atoms with E-state index in [9.17, 15) is 4.79 Å². The van der Waals surface area contributed by atoms with Crippen molar-refractivity contribution < 1.29 is 9.53 Å². The quantitative estimate of drug-likeness (QED) is 0.735. The molecule has 122 valence electrons. The molecule has 23 heavy (non-hydrogen) atoms. The molecule has 0 atom stereocenters. The van der Waals surface area contributed by atoms with Crippen molar-refractivity contribution in [3.63, 3.8) is 0 Å². The van der Waals surface area contributed by atoms with Gasteiger partial charge in [-0.2, -0.15) is 0 Å². The summed E-state index contributed by atoms with van der Waals surface area (Å²) in [7, 11) is 0. The highest BCUT2D eigenvalue weighted by Crippen LogP contribution is 2.24. The summed E-state index contributed by atoms with van der Waals surface area (Å²) in [5, 5.41) is 6.13. The molecule has 0 saturated carbocycles. The lowest BCUT2D eigenvalue weighted by molar-refractivity contribution is -0.116. The fraction of sp³-hybridized carbons (Fsp3) is 0.333. The standard InChI is InChI=1S/C18H23N3O2/c1-14(2)23-17-8-4-3-7-16(17)21-18(22)9-11-20-13-15-6-5-10-19-12-15/h3-8,10,12,14,20H,9,11,13H2,1-2H3,(H,21,22). The SMILES string of the molecule is CC(C)Oc1ccccc1NC(=O)CCNCc1cccnc1. The van der Waals surface area contributed by atoms with Crippen LogP contribution in [-0.2, 0) is 11.3 Å². The van der Waals surface area contributed by atoms with Gasteiger partial charge in [-0.1, -0.05) is 18.2 Å². The van der Waals surface area contributed by atoms with Crippen LogP contribution in [0.15, 0.2) is 48.8 Å². The molecule has 0 spiro atoms. The van der Waals surface area contributed by atoms with Gasteiger partial charge < -0.3 is 15.4 Å². The predicted molar refractivity (Wildman–Crippen MR) is 91.4 cm³/mol. The Morgan fingerprint density at radius 3 is 2.78 bits per heavy atom. The number of anilines is 1. The molecule has 1 heterocycles. The van der Waals surface area contributed by atoms with E-state index in [4.69, 9.17) is 4.74 Å². The molecule has 0 aliphatic heterocycles. The molecule has 1 amide bonds. The Morgan fingerprint density at radius 2 is 2.04 bits per heavy atom. The summed E-state index contributed by atoms with van der Waals surface area (Å²) in [4.78, 5) is 16.1. The van der Waals surface area contributed by atoms with E-state index in [0.717, 1.165) is 5.56 Å². The molecule has 0 fully saturated rings. The molecular formula is C18H23N3O2. The molecule has 5 heteroatoms. The maximum Gasteiger partial charge on any atom is 0.225 e. The number of hydrogen-bond donors (Lipinski definition) is 2. The lowest BCUT2D eigenvalue weighted by atomic mass is 10.2. The number of ether oxygens (including phenoxy) is 1. The normalized spacial score (nSPS) is 10.6. The number of pyridine rings is 1. The van der Waals surface area contributed by atoms with Crippen molar-refractivity contribution in [1.29, 1.82) is 0 Å². The zero-order valence-electron chi connectivity index (χ0n) is 13.6. The van der Waals surface area contributed by atoms with Crippen molar-refractivity contribution in [2.45, 2.75) is 32.9 Å². The van der Waals surface area contributed by atoms with Gasteiger partial charge in [-0.3, -0.25) is 9.78 Å². The third-order valence-electron chi connectivity index (χ3n) is 3.10. The second-order valence-electron chi connectivity index (χ2n) is 5.50. The van der Waals surface area contributed by atoms with Crippen LogP contribution in [0.4, 0.5) is 5.69 Å². The Hall–Kier alpha value is -2.40. The summed E-state index contributed by atoms with van der Waals surface area (Å²) in [5.74, 6) is 0.655. The minimum Gasteiger partial charge on any atom is -0.489 e. The van der Waals surface area contributed by atoms with E-state index in [1.807, 2.05) is 56.4 Å². The van der Waals surface area contributed by atoms with Crippen molar-refractivity contribution in [3.05, 3.63) is 54.4 Å².